The maximum absolute atomic E-state index is 12.6. The SMILES string of the molecule is COc1ccc(S(=O)Cc2ccc(-n3cccn3)cc2)cc1OC. The van der Waals surface area contributed by atoms with E-state index >= 15 is 0 Å². The minimum atomic E-state index is -1.16. The number of nitrogens with zero attached hydrogens (tertiary/aromatic N) is 2. The molecule has 2 aromatic carbocycles. The fourth-order valence-corrected chi connectivity index (χ4v) is 3.48. The van der Waals surface area contributed by atoms with Crippen molar-refractivity contribution in [2.24, 2.45) is 0 Å². The molecule has 5 nitrogen and oxygen atoms in total. The van der Waals surface area contributed by atoms with E-state index < -0.39 is 10.8 Å². The smallest absolute Gasteiger partial charge is 0.161 e. The Hall–Kier alpha value is -2.60. The van der Waals surface area contributed by atoms with Crippen LogP contribution in [-0.4, -0.2) is 28.2 Å². The Kier molecular flexibility index (Phi) is 4.96. The van der Waals surface area contributed by atoms with Gasteiger partial charge in [-0.2, -0.15) is 5.10 Å². The normalized spacial score (nSPS) is 11.9. The van der Waals surface area contributed by atoms with Crippen molar-refractivity contribution in [2.45, 2.75) is 10.6 Å². The molecule has 1 heterocycles. The topological polar surface area (TPSA) is 53.4 Å². The van der Waals surface area contributed by atoms with Crippen molar-refractivity contribution in [3.05, 3.63) is 66.5 Å². The number of hydrogen-bond acceptors (Lipinski definition) is 4. The number of benzene rings is 2. The molecule has 0 spiro atoms. The Balaban J connectivity index is 1.75. The van der Waals surface area contributed by atoms with Crippen molar-refractivity contribution in [3.8, 4) is 17.2 Å². The highest BCUT2D eigenvalue weighted by Crippen LogP contribution is 2.29. The number of methoxy groups -OCH3 is 2. The molecule has 1 unspecified atom stereocenters. The lowest BCUT2D eigenvalue weighted by atomic mass is 10.2. The van der Waals surface area contributed by atoms with E-state index in [1.165, 1.54) is 0 Å². The average molecular weight is 342 g/mol. The Morgan fingerprint density at radius 2 is 1.79 bits per heavy atom. The summed E-state index contributed by atoms with van der Waals surface area (Å²) >= 11 is 0. The van der Waals surface area contributed by atoms with Crippen LogP contribution in [0, 0.1) is 0 Å². The van der Waals surface area contributed by atoms with E-state index in [1.54, 1.807) is 43.3 Å². The summed E-state index contributed by atoms with van der Waals surface area (Å²) in [5.41, 5.74) is 1.97. The van der Waals surface area contributed by atoms with Crippen LogP contribution in [0.4, 0.5) is 0 Å². The van der Waals surface area contributed by atoms with Crippen LogP contribution in [0.3, 0.4) is 0 Å². The highest BCUT2D eigenvalue weighted by atomic mass is 32.2. The Morgan fingerprint density at radius 1 is 1.04 bits per heavy atom. The molecule has 0 radical (unpaired) electrons. The number of ether oxygens (including phenoxy) is 2. The van der Waals surface area contributed by atoms with Crippen molar-refractivity contribution in [3.63, 3.8) is 0 Å². The minimum absolute atomic E-state index is 0.439. The quantitative estimate of drug-likeness (QED) is 0.690. The molecule has 0 amide bonds. The lowest BCUT2D eigenvalue weighted by Crippen LogP contribution is -1.99. The summed E-state index contributed by atoms with van der Waals surface area (Å²) in [6.07, 6.45) is 3.62. The van der Waals surface area contributed by atoms with Crippen LogP contribution in [0.2, 0.25) is 0 Å². The summed E-state index contributed by atoms with van der Waals surface area (Å²) in [4.78, 5) is 0.712. The van der Waals surface area contributed by atoms with Crippen molar-refractivity contribution < 1.29 is 13.7 Å². The van der Waals surface area contributed by atoms with E-state index in [0.717, 1.165) is 11.3 Å². The van der Waals surface area contributed by atoms with Gasteiger partial charge in [0.25, 0.3) is 0 Å². The standard InChI is InChI=1S/C18H18N2O3S/c1-22-17-9-8-16(12-18(17)23-2)24(21)13-14-4-6-15(7-5-14)20-11-3-10-19-20/h3-12H,13H2,1-2H3. The number of rotatable bonds is 6. The van der Waals surface area contributed by atoms with Crippen molar-refractivity contribution >= 4 is 10.8 Å². The second-order valence-corrected chi connectivity index (χ2v) is 6.57. The van der Waals surface area contributed by atoms with Gasteiger partial charge in [0, 0.05) is 23.4 Å². The largest absolute Gasteiger partial charge is 0.493 e. The zero-order valence-corrected chi connectivity index (χ0v) is 14.3. The molecule has 6 heteroatoms. The third-order valence-electron chi connectivity index (χ3n) is 3.62. The van der Waals surface area contributed by atoms with Gasteiger partial charge in [-0.3, -0.25) is 4.21 Å². The number of hydrogen-bond donors (Lipinski definition) is 0. The van der Waals surface area contributed by atoms with E-state index in [2.05, 4.69) is 5.10 Å². The van der Waals surface area contributed by atoms with Gasteiger partial charge in [-0.25, -0.2) is 4.68 Å². The summed E-state index contributed by atoms with van der Waals surface area (Å²) in [7, 11) is 1.99. The van der Waals surface area contributed by atoms with Crippen LogP contribution >= 0.6 is 0 Å². The van der Waals surface area contributed by atoms with E-state index in [9.17, 15) is 4.21 Å². The van der Waals surface area contributed by atoms with Crippen molar-refractivity contribution in [2.75, 3.05) is 14.2 Å². The van der Waals surface area contributed by atoms with Gasteiger partial charge in [0.15, 0.2) is 11.5 Å². The maximum Gasteiger partial charge on any atom is 0.161 e. The van der Waals surface area contributed by atoms with Crippen LogP contribution < -0.4 is 9.47 Å². The molecule has 3 aromatic rings. The molecular weight excluding hydrogens is 324 g/mol. The predicted octanol–water partition coefficient (Wildman–Crippen LogP) is 3.20. The van der Waals surface area contributed by atoms with Gasteiger partial charge in [0.1, 0.15) is 0 Å². The Morgan fingerprint density at radius 3 is 2.42 bits per heavy atom. The van der Waals surface area contributed by atoms with E-state index in [1.807, 2.05) is 36.5 Å². The molecule has 1 atom stereocenters. The number of aromatic nitrogens is 2. The Bertz CT molecular complexity index is 830. The minimum Gasteiger partial charge on any atom is -0.493 e. The summed E-state index contributed by atoms with van der Waals surface area (Å²) in [6, 6.07) is 15.1. The fourth-order valence-electron chi connectivity index (χ4n) is 2.36. The summed E-state index contributed by atoms with van der Waals surface area (Å²) in [6.45, 7) is 0. The van der Waals surface area contributed by atoms with Gasteiger partial charge in [0.05, 0.1) is 36.5 Å². The first-order valence-electron chi connectivity index (χ1n) is 7.40. The van der Waals surface area contributed by atoms with Gasteiger partial charge >= 0.3 is 0 Å². The first kappa shape index (κ1) is 16.3. The molecule has 124 valence electrons. The van der Waals surface area contributed by atoms with Gasteiger partial charge in [-0.1, -0.05) is 12.1 Å². The molecule has 0 aliphatic carbocycles. The van der Waals surface area contributed by atoms with Crippen molar-refractivity contribution in [1.82, 2.24) is 9.78 Å². The zero-order chi connectivity index (χ0) is 16.9. The predicted molar refractivity (Wildman–Crippen MR) is 93.2 cm³/mol. The third-order valence-corrected chi connectivity index (χ3v) is 5.00. The molecule has 0 aliphatic rings. The summed E-state index contributed by atoms with van der Waals surface area (Å²) < 4.78 is 24.9. The molecule has 0 N–H and O–H groups in total. The summed E-state index contributed by atoms with van der Waals surface area (Å²) in [5, 5.41) is 4.19. The molecule has 1 aromatic heterocycles. The van der Waals surface area contributed by atoms with Gasteiger partial charge in [-0.15, -0.1) is 0 Å². The van der Waals surface area contributed by atoms with Gasteiger partial charge in [0.2, 0.25) is 0 Å². The molecule has 24 heavy (non-hydrogen) atoms. The molecule has 0 saturated heterocycles. The van der Waals surface area contributed by atoms with Gasteiger partial charge in [-0.05, 0) is 35.9 Å². The fraction of sp³-hybridized carbons (Fsp3) is 0.167. The van der Waals surface area contributed by atoms with E-state index in [4.69, 9.17) is 9.47 Å². The summed E-state index contributed by atoms with van der Waals surface area (Å²) in [5.74, 6) is 1.65. The third kappa shape index (κ3) is 3.49. The van der Waals surface area contributed by atoms with Crippen LogP contribution in [0.1, 0.15) is 5.56 Å². The molecule has 0 fully saturated rings. The molecular formula is C18H18N2O3S. The van der Waals surface area contributed by atoms with Crippen molar-refractivity contribution in [1.29, 1.82) is 0 Å². The molecule has 0 aliphatic heterocycles. The first-order valence-corrected chi connectivity index (χ1v) is 8.72. The molecule has 0 bridgehead atoms. The van der Waals surface area contributed by atoms with Crippen LogP contribution in [-0.2, 0) is 16.6 Å². The van der Waals surface area contributed by atoms with Gasteiger partial charge < -0.3 is 9.47 Å². The highest BCUT2D eigenvalue weighted by molar-refractivity contribution is 7.84. The average Bonchev–Trinajstić information content (AvgIpc) is 3.16. The van der Waals surface area contributed by atoms with E-state index in [0.29, 0.717) is 22.1 Å². The van der Waals surface area contributed by atoms with E-state index in [-0.39, 0.29) is 0 Å². The lowest BCUT2D eigenvalue weighted by Gasteiger charge is -2.10. The Labute approximate surface area is 143 Å². The van der Waals surface area contributed by atoms with Crippen LogP contribution in [0.15, 0.2) is 65.8 Å². The second-order valence-electron chi connectivity index (χ2n) is 5.12. The molecule has 0 saturated carbocycles. The van der Waals surface area contributed by atoms with Crippen LogP contribution in [0.5, 0.6) is 11.5 Å². The van der Waals surface area contributed by atoms with Crippen LogP contribution in [0.25, 0.3) is 5.69 Å². The lowest BCUT2D eigenvalue weighted by molar-refractivity contribution is 0.354. The molecule has 3 rings (SSSR count). The first-order chi connectivity index (χ1) is 11.7. The maximum atomic E-state index is 12.6. The second kappa shape index (κ2) is 7.31. The highest BCUT2D eigenvalue weighted by Gasteiger charge is 2.10. The monoisotopic (exact) mass is 342 g/mol. The zero-order valence-electron chi connectivity index (χ0n) is 13.5.